The smallest absolute Gasteiger partial charge is 0.158 e. The Morgan fingerprint density at radius 3 is 3.08 bits per heavy atom. The van der Waals surface area contributed by atoms with Crippen LogP contribution in [-0.2, 0) is 14.3 Å². The highest BCUT2D eigenvalue weighted by Crippen LogP contribution is 2.08. The lowest BCUT2D eigenvalue weighted by Crippen LogP contribution is -2.11. The first-order valence-electron chi connectivity index (χ1n) is 4.15. The van der Waals surface area contributed by atoms with E-state index in [0.717, 1.165) is 13.0 Å². The van der Waals surface area contributed by atoms with Crippen LogP contribution in [0.2, 0.25) is 0 Å². The van der Waals surface area contributed by atoms with Crippen molar-refractivity contribution < 1.29 is 14.3 Å². The molecule has 0 aromatic carbocycles. The molecule has 68 valence electrons. The van der Waals surface area contributed by atoms with Gasteiger partial charge in [0.25, 0.3) is 0 Å². The van der Waals surface area contributed by atoms with E-state index in [9.17, 15) is 4.79 Å². The average Bonchev–Trinajstić information content (AvgIpc) is 2.84. The topological polar surface area (TPSA) is 38.8 Å². The van der Waals surface area contributed by atoms with Crippen molar-refractivity contribution in [3.8, 4) is 0 Å². The van der Waals surface area contributed by atoms with Gasteiger partial charge in [-0.15, -0.1) is 6.58 Å². The van der Waals surface area contributed by atoms with Crippen molar-refractivity contribution in [2.75, 3.05) is 19.8 Å². The fourth-order valence-corrected chi connectivity index (χ4v) is 0.804. The summed E-state index contributed by atoms with van der Waals surface area (Å²) in [6.07, 6.45) is 3.26. The molecule has 3 nitrogen and oxygen atoms in total. The molecule has 0 amide bonds. The molecule has 1 heterocycles. The highest BCUT2D eigenvalue weighted by atomic mass is 16.6. The van der Waals surface area contributed by atoms with Gasteiger partial charge in [0.05, 0.1) is 13.2 Å². The predicted octanol–water partition coefficient (Wildman–Crippen LogP) is 0.937. The van der Waals surface area contributed by atoms with Crippen molar-refractivity contribution in [2.45, 2.75) is 18.9 Å². The van der Waals surface area contributed by atoms with Crippen molar-refractivity contribution in [3.63, 3.8) is 0 Å². The molecular formula is C9H14O3. The van der Waals surface area contributed by atoms with Crippen LogP contribution in [0.15, 0.2) is 12.7 Å². The van der Waals surface area contributed by atoms with E-state index in [1.807, 2.05) is 0 Å². The molecule has 0 spiro atoms. The summed E-state index contributed by atoms with van der Waals surface area (Å²) in [4.78, 5) is 11.0. The van der Waals surface area contributed by atoms with Gasteiger partial charge in [-0.1, -0.05) is 6.08 Å². The Kier molecular flexibility index (Phi) is 3.97. The van der Waals surface area contributed by atoms with Gasteiger partial charge in [0.2, 0.25) is 0 Å². The van der Waals surface area contributed by atoms with Gasteiger partial charge < -0.3 is 9.47 Å². The minimum absolute atomic E-state index is 0.135. The van der Waals surface area contributed by atoms with Crippen molar-refractivity contribution in [1.82, 2.24) is 0 Å². The number of rotatable bonds is 7. The second-order valence-electron chi connectivity index (χ2n) is 2.84. The second-order valence-corrected chi connectivity index (χ2v) is 2.84. The van der Waals surface area contributed by atoms with E-state index < -0.39 is 0 Å². The molecule has 1 fully saturated rings. The normalized spacial score (nSPS) is 20.5. The fourth-order valence-electron chi connectivity index (χ4n) is 0.804. The van der Waals surface area contributed by atoms with E-state index in [0.29, 0.717) is 13.0 Å². The molecule has 1 atom stereocenters. The van der Waals surface area contributed by atoms with Gasteiger partial charge in [-0.3, -0.25) is 4.79 Å². The van der Waals surface area contributed by atoms with Crippen molar-refractivity contribution in [2.24, 2.45) is 0 Å². The predicted molar refractivity (Wildman–Crippen MR) is 45.0 cm³/mol. The molecule has 0 saturated carbocycles. The summed E-state index contributed by atoms with van der Waals surface area (Å²) in [5, 5.41) is 0. The van der Waals surface area contributed by atoms with Gasteiger partial charge in [-0.2, -0.15) is 0 Å². The van der Waals surface area contributed by atoms with Gasteiger partial charge in [0.15, 0.2) is 5.78 Å². The largest absolute Gasteiger partial charge is 0.371 e. The summed E-state index contributed by atoms with van der Waals surface area (Å²) >= 11 is 0. The van der Waals surface area contributed by atoms with E-state index in [1.165, 1.54) is 0 Å². The lowest BCUT2D eigenvalue weighted by molar-refractivity contribution is -0.123. The van der Waals surface area contributed by atoms with Crippen LogP contribution < -0.4 is 0 Å². The van der Waals surface area contributed by atoms with Crippen molar-refractivity contribution in [1.29, 1.82) is 0 Å². The van der Waals surface area contributed by atoms with Gasteiger partial charge >= 0.3 is 0 Å². The highest BCUT2D eigenvalue weighted by Gasteiger charge is 2.22. The van der Waals surface area contributed by atoms with E-state index >= 15 is 0 Å². The molecule has 0 radical (unpaired) electrons. The van der Waals surface area contributed by atoms with Crippen molar-refractivity contribution in [3.05, 3.63) is 12.7 Å². The zero-order valence-corrected chi connectivity index (χ0v) is 7.12. The molecule has 1 saturated heterocycles. The minimum Gasteiger partial charge on any atom is -0.371 e. The number of hydrogen-bond donors (Lipinski definition) is 0. The summed E-state index contributed by atoms with van der Waals surface area (Å²) < 4.78 is 10.0. The van der Waals surface area contributed by atoms with Gasteiger partial charge in [-0.25, -0.2) is 0 Å². The maximum absolute atomic E-state index is 11.0. The Labute approximate surface area is 72.4 Å². The van der Waals surface area contributed by atoms with Crippen molar-refractivity contribution >= 4 is 5.78 Å². The number of ether oxygens (including phenoxy) is 2. The van der Waals surface area contributed by atoms with Gasteiger partial charge in [-0.05, 0) is 6.42 Å². The third-order valence-electron chi connectivity index (χ3n) is 1.60. The number of Topliss-reactive ketones (excluding diaryl/α,β-unsaturated/α-hetero) is 1. The minimum atomic E-state index is 0.135. The van der Waals surface area contributed by atoms with Crippen LogP contribution in [0.5, 0.6) is 0 Å². The summed E-state index contributed by atoms with van der Waals surface area (Å²) in [6, 6.07) is 0. The number of epoxide rings is 1. The summed E-state index contributed by atoms with van der Waals surface area (Å²) in [5.41, 5.74) is 0. The Morgan fingerprint density at radius 2 is 2.50 bits per heavy atom. The van der Waals surface area contributed by atoms with Gasteiger partial charge in [0.1, 0.15) is 12.7 Å². The number of hydrogen-bond acceptors (Lipinski definition) is 3. The molecule has 1 rings (SSSR count). The molecule has 0 bridgehead atoms. The monoisotopic (exact) mass is 170 g/mol. The van der Waals surface area contributed by atoms with Crippen LogP contribution in [0.25, 0.3) is 0 Å². The second kappa shape index (κ2) is 5.06. The first kappa shape index (κ1) is 9.42. The van der Waals surface area contributed by atoms with Gasteiger partial charge in [0, 0.05) is 6.42 Å². The van der Waals surface area contributed by atoms with E-state index in [1.54, 1.807) is 6.08 Å². The fraction of sp³-hybridized carbons (Fsp3) is 0.667. The van der Waals surface area contributed by atoms with E-state index in [4.69, 9.17) is 9.47 Å². The Morgan fingerprint density at radius 1 is 1.75 bits per heavy atom. The summed E-state index contributed by atoms with van der Waals surface area (Å²) in [5.74, 6) is 0.135. The van der Waals surface area contributed by atoms with Crippen LogP contribution in [-0.4, -0.2) is 31.7 Å². The zero-order chi connectivity index (χ0) is 8.81. The van der Waals surface area contributed by atoms with Crippen LogP contribution in [0.3, 0.4) is 0 Å². The standard InChI is InChI=1S/C9H14O3/c1-2-3-4-8(10)5-11-6-9-7-12-9/h2,9H,1,3-7H2. The number of carbonyl (C=O) groups excluding carboxylic acids is 1. The lowest BCUT2D eigenvalue weighted by Gasteiger charge is -1.99. The van der Waals surface area contributed by atoms with E-state index in [2.05, 4.69) is 6.58 Å². The van der Waals surface area contributed by atoms with Crippen LogP contribution in [0.1, 0.15) is 12.8 Å². The molecule has 0 aromatic rings. The van der Waals surface area contributed by atoms with Crippen LogP contribution in [0, 0.1) is 0 Å². The number of carbonyl (C=O) groups is 1. The first-order valence-corrected chi connectivity index (χ1v) is 4.15. The molecule has 12 heavy (non-hydrogen) atoms. The molecule has 0 aromatic heterocycles. The zero-order valence-electron chi connectivity index (χ0n) is 7.12. The third kappa shape index (κ3) is 4.26. The third-order valence-corrected chi connectivity index (χ3v) is 1.60. The highest BCUT2D eigenvalue weighted by molar-refractivity contribution is 5.79. The number of allylic oxidation sites excluding steroid dienone is 1. The summed E-state index contributed by atoms with van der Waals surface area (Å²) in [7, 11) is 0. The molecule has 1 aliphatic rings. The molecule has 0 N–H and O–H groups in total. The maximum atomic E-state index is 11.0. The quantitative estimate of drug-likeness (QED) is 0.421. The van der Waals surface area contributed by atoms with E-state index in [-0.39, 0.29) is 18.5 Å². The maximum Gasteiger partial charge on any atom is 0.158 e. The average molecular weight is 170 g/mol. The Balaban J connectivity index is 1.89. The van der Waals surface area contributed by atoms with Crippen LogP contribution >= 0.6 is 0 Å². The molecule has 0 aliphatic carbocycles. The lowest BCUT2D eigenvalue weighted by atomic mass is 10.2. The summed E-state index contributed by atoms with van der Waals surface area (Å²) in [6.45, 7) is 5.09. The first-order chi connectivity index (χ1) is 5.83. The molecule has 1 unspecified atom stereocenters. The Hall–Kier alpha value is -0.670. The van der Waals surface area contributed by atoms with Crippen LogP contribution in [0.4, 0.5) is 0 Å². The Bertz CT molecular complexity index is 161. The SMILES string of the molecule is C=CCCC(=O)COCC1CO1. The molecule has 3 heteroatoms. The molecular weight excluding hydrogens is 156 g/mol. The number of ketones is 1. The molecule has 1 aliphatic heterocycles.